The summed E-state index contributed by atoms with van der Waals surface area (Å²) in [5, 5.41) is 0.551. The minimum Gasteiger partial charge on any atom is -0.489 e. The van der Waals surface area contributed by atoms with Crippen LogP contribution in [0, 0.1) is 11.8 Å². The zero-order chi connectivity index (χ0) is 25.9. The van der Waals surface area contributed by atoms with Crippen LogP contribution in [0.3, 0.4) is 0 Å². The number of anilines is 1. The quantitative estimate of drug-likeness (QED) is 0.485. The molecular weight excluding hydrogens is 486 g/mol. The molecule has 3 aliphatic rings. The lowest BCUT2D eigenvalue weighted by atomic mass is 9.95. The van der Waals surface area contributed by atoms with E-state index in [-0.39, 0.29) is 11.8 Å². The number of halogens is 1. The number of carbonyl (C=O) groups excluding carboxylic acids is 1. The predicted octanol–water partition coefficient (Wildman–Crippen LogP) is 5.39. The first-order valence-corrected chi connectivity index (χ1v) is 14.2. The molecule has 0 spiro atoms. The Morgan fingerprint density at radius 1 is 1.16 bits per heavy atom. The number of amides is 1. The first-order valence-electron chi connectivity index (χ1n) is 13.8. The molecule has 37 heavy (non-hydrogen) atoms. The predicted molar refractivity (Wildman–Crippen MR) is 149 cm³/mol. The van der Waals surface area contributed by atoms with E-state index in [0.717, 1.165) is 64.0 Å². The molecule has 1 amide bonds. The molecule has 0 saturated carbocycles. The van der Waals surface area contributed by atoms with E-state index in [9.17, 15) is 4.79 Å². The van der Waals surface area contributed by atoms with Gasteiger partial charge in [0, 0.05) is 51.9 Å². The van der Waals surface area contributed by atoms with Crippen LogP contribution in [0.1, 0.15) is 49.8 Å². The monoisotopic (exact) mass is 525 g/mol. The fraction of sp³-hybridized carbons (Fsp3) is 0.567. The number of piperidine rings is 1. The summed E-state index contributed by atoms with van der Waals surface area (Å²) in [4.78, 5) is 20.8. The number of fused-ring (bicyclic) bond motifs is 2. The van der Waals surface area contributed by atoms with Crippen molar-refractivity contribution in [3.63, 3.8) is 0 Å². The summed E-state index contributed by atoms with van der Waals surface area (Å²) in [6.45, 7) is 10.6. The Morgan fingerprint density at radius 2 is 2.00 bits per heavy atom. The summed E-state index contributed by atoms with van der Waals surface area (Å²) in [7, 11) is 2.19. The van der Waals surface area contributed by atoms with Gasteiger partial charge in [-0.1, -0.05) is 43.6 Å². The number of benzene rings is 2. The van der Waals surface area contributed by atoms with Gasteiger partial charge in [0.05, 0.1) is 24.2 Å². The molecule has 5 rings (SSSR count). The summed E-state index contributed by atoms with van der Waals surface area (Å²) in [6.07, 6.45) is 3.94. The Balaban J connectivity index is 1.30. The van der Waals surface area contributed by atoms with Crippen molar-refractivity contribution in [2.45, 2.75) is 52.6 Å². The van der Waals surface area contributed by atoms with Crippen molar-refractivity contribution in [1.29, 1.82) is 0 Å². The van der Waals surface area contributed by atoms with E-state index in [0.29, 0.717) is 42.2 Å². The normalized spacial score (nSPS) is 19.6. The first kappa shape index (κ1) is 26.2. The second-order valence-corrected chi connectivity index (χ2v) is 11.6. The van der Waals surface area contributed by atoms with Crippen molar-refractivity contribution < 1.29 is 14.3 Å². The van der Waals surface area contributed by atoms with Gasteiger partial charge >= 0.3 is 0 Å². The Bertz CT molecular complexity index is 1120. The van der Waals surface area contributed by atoms with Gasteiger partial charge in [-0.2, -0.15) is 0 Å². The van der Waals surface area contributed by atoms with E-state index in [2.05, 4.69) is 48.9 Å². The molecule has 1 saturated heterocycles. The molecule has 2 aromatic rings. The third kappa shape index (κ3) is 6.01. The maximum absolute atomic E-state index is 13.9. The summed E-state index contributed by atoms with van der Waals surface area (Å²) in [5.41, 5.74) is 5.20. The molecule has 1 atom stereocenters. The van der Waals surface area contributed by atoms with Crippen LogP contribution in [0.2, 0.25) is 5.02 Å². The van der Waals surface area contributed by atoms with Gasteiger partial charge in [-0.3, -0.25) is 9.69 Å². The van der Waals surface area contributed by atoms with Gasteiger partial charge < -0.3 is 19.3 Å². The molecule has 3 aliphatic heterocycles. The van der Waals surface area contributed by atoms with Crippen LogP contribution in [-0.4, -0.2) is 62.1 Å². The fourth-order valence-electron chi connectivity index (χ4n) is 6.03. The molecule has 0 unspecified atom stereocenters. The largest absolute Gasteiger partial charge is 0.489 e. The number of nitrogens with zero attached hydrogens (tertiary/aromatic N) is 3. The highest BCUT2D eigenvalue weighted by Gasteiger charge is 2.31. The lowest BCUT2D eigenvalue weighted by molar-refractivity contribution is -0.138. The second kappa shape index (κ2) is 11.5. The van der Waals surface area contributed by atoms with E-state index in [4.69, 9.17) is 21.1 Å². The molecule has 7 heteroatoms. The van der Waals surface area contributed by atoms with Gasteiger partial charge in [-0.05, 0) is 60.5 Å². The van der Waals surface area contributed by atoms with Gasteiger partial charge in [0.1, 0.15) is 0 Å². The zero-order valence-corrected chi connectivity index (χ0v) is 23.2. The van der Waals surface area contributed by atoms with E-state index in [1.165, 1.54) is 16.8 Å². The van der Waals surface area contributed by atoms with Crippen molar-refractivity contribution in [3.8, 4) is 11.5 Å². The van der Waals surface area contributed by atoms with Crippen LogP contribution in [0.5, 0.6) is 11.5 Å². The van der Waals surface area contributed by atoms with E-state index < -0.39 is 0 Å². The molecule has 3 heterocycles. The molecule has 0 N–H and O–H groups in total. The zero-order valence-electron chi connectivity index (χ0n) is 22.5. The minimum absolute atomic E-state index is 0.0119. The molecule has 0 aliphatic carbocycles. The highest BCUT2D eigenvalue weighted by atomic mass is 35.5. The average molecular weight is 526 g/mol. The van der Waals surface area contributed by atoms with Gasteiger partial charge in [0.15, 0.2) is 11.5 Å². The number of hydrogen-bond donors (Lipinski definition) is 0. The number of hydrogen-bond acceptors (Lipinski definition) is 5. The highest BCUT2D eigenvalue weighted by molar-refractivity contribution is 6.32. The fourth-order valence-corrected chi connectivity index (χ4v) is 6.32. The number of para-hydroxylation sites is 1. The number of carbonyl (C=O) groups is 1. The van der Waals surface area contributed by atoms with Crippen molar-refractivity contribution in [3.05, 3.63) is 52.0 Å². The Morgan fingerprint density at radius 3 is 2.84 bits per heavy atom. The van der Waals surface area contributed by atoms with Crippen molar-refractivity contribution in [1.82, 2.24) is 9.80 Å². The van der Waals surface area contributed by atoms with Crippen LogP contribution in [0.25, 0.3) is 0 Å². The maximum Gasteiger partial charge on any atom is 0.227 e. The number of ether oxygens (including phenoxy) is 2. The third-order valence-corrected chi connectivity index (χ3v) is 7.96. The third-order valence-electron chi connectivity index (χ3n) is 7.68. The highest BCUT2D eigenvalue weighted by Crippen LogP contribution is 2.38. The van der Waals surface area contributed by atoms with Crippen LogP contribution >= 0.6 is 11.6 Å². The lowest BCUT2D eigenvalue weighted by Crippen LogP contribution is -2.45. The molecule has 6 nitrogen and oxygen atoms in total. The van der Waals surface area contributed by atoms with Gasteiger partial charge in [-0.25, -0.2) is 0 Å². The molecule has 0 aromatic heterocycles. The van der Waals surface area contributed by atoms with E-state index >= 15 is 0 Å². The molecule has 0 bridgehead atoms. The van der Waals surface area contributed by atoms with Crippen molar-refractivity contribution in [2.75, 3.05) is 51.3 Å². The standard InChI is InChI=1S/C30H40ClN3O3/c1-21(2)17-34(18-22-15-26(31)29-27(16-22)36-13-6-14-37-29)30(35)25-9-5-11-33(20-25)19-24-8-4-7-23-10-12-32(3)28(23)24/h4,7-8,15-16,21,25H,5-6,9-14,17-20H2,1-3H3/t25-/m1/s1. The molecule has 200 valence electrons. The van der Waals surface area contributed by atoms with E-state index in [1.54, 1.807) is 0 Å². The number of likely N-dealkylation sites (N-methyl/N-ethyl adjacent to an activating group) is 1. The smallest absolute Gasteiger partial charge is 0.227 e. The Labute approximate surface area is 226 Å². The van der Waals surface area contributed by atoms with Gasteiger partial charge in [0.25, 0.3) is 0 Å². The minimum atomic E-state index is 0.0119. The average Bonchev–Trinajstić information content (AvgIpc) is 3.09. The molecule has 0 radical (unpaired) electrons. The number of rotatable bonds is 7. The Hall–Kier alpha value is -2.44. The SMILES string of the molecule is CC(C)CN(Cc1cc(Cl)c2c(c1)OCCCO2)C(=O)[C@@H]1CCCN(Cc2cccc3c2N(C)CC3)C1. The van der Waals surface area contributed by atoms with Crippen molar-refractivity contribution >= 4 is 23.2 Å². The molecule has 2 aromatic carbocycles. The second-order valence-electron chi connectivity index (χ2n) is 11.2. The molecule has 1 fully saturated rings. The topological polar surface area (TPSA) is 45.3 Å². The summed E-state index contributed by atoms with van der Waals surface area (Å²) in [5.74, 6) is 1.93. The summed E-state index contributed by atoms with van der Waals surface area (Å²) < 4.78 is 11.7. The van der Waals surface area contributed by atoms with E-state index in [1.807, 2.05) is 17.0 Å². The van der Waals surface area contributed by atoms with Crippen molar-refractivity contribution in [2.24, 2.45) is 11.8 Å². The Kier molecular flexibility index (Phi) is 8.15. The lowest BCUT2D eigenvalue weighted by Gasteiger charge is -2.36. The van der Waals surface area contributed by atoms with Gasteiger partial charge in [-0.15, -0.1) is 0 Å². The number of likely N-dealkylation sites (tertiary alicyclic amines) is 1. The first-order chi connectivity index (χ1) is 17.9. The maximum atomic E-state index is 13.9. The molecular formula is C30H40ClN3O3. The van der Waals surface area contributed by atoms with Crippen LogP contribution in [0.15, 0.2) is 30.3 Å². The summed E-state index contributed by atoms with van der Waals surface area (Å²) in [6, 6.07) is 10.6. The van der Waals surface area contributed by atoms with Crippen LogP contribution < -0.4 is 14.4 Å². The van der Waals surface area contributed by atoms with Gasteiger partial charge in [0.2, 0.25) is 5.91 Å². The van der Waals surface area contributed by atoms with Crippen LogP contribution in [-0.2, 0) is 24.3 Å². The van der Waals surface area contributed by atoms with Crippen LogP contribution in [0.4, 0.5) is 5.69 Å². The summed E-state index contributed by atoms with van der Waals surface area (Å²) >= 11 is 6.57.